The normalized spacial score (nSPS) is 25.9. The number of carbonyl (C=O) groups is 2. The number of amides is 2. The van der Waals surface area contributed by atoms with E-state index in [1.165, 1.54) is 0 Å². The molecule has 4 atom stereocenters. The van der Waals surface area contributed by atoms with Crippen LogP contribution in [0.5, 0.6) is 0 Å². The highest BCUT2D eigenvalue weighted by atomic mass is 16.5. The molecule has 0 radical (unpaired) electrons. The number of ether oxygens (including phenoxy) is 2. The third-order valence-corrected chi connectivity index (χ3v) is 5.43. The fraction of sp³-hybridized carbons (Fsp3) is 0.545. The number of benzene rings is 1. The van der Waals surface area contributed by atoms with Crippen molar-refractivity contribution in [3.8, 4) is 0 Å². The lowest BCUT2D eigenvalue weighted by Gasteiger charge is -2.33. The van der Waals surface area contributed by atoms with E-state index in [4.69, 9.17) is 9.47 Å². The van der Waals surface area contributed by atoms with E-state index in [-0.39, 0.29) is 36.8 Å². The van der Waals surface area contributed by atoms with E-state index in [9.17, 15) is 14.7 Å². The van der Waals surface area contributed by atoms with Gasteiger partial charge in [0, 0.05) is 19.1 Å². The van der Waals surface area contributed by atoms with Crippen molar-refractivity contribution in [2.45, 2.75) is 50.5 Å². The molecule has 1 fully saturated rings. The molecule has 2 aliphatic rings. The molecule has 0 bridgehead atoms. The number of aliphatic hydroxyl groups excluding tert-OH is 1. The molecule has 0 aliphatic carbocycles. The standard InChI is InChI=1S/C22H30N2O5/c1-15(16-5-3-2-4-6-16)23-21(26)13-18-7-8-19(20(14-25)29-18)24-22(27)17-9-11-28-12-10-17/h2-8,15,17-20,25H,9-14H2,1H3,(H,23,26)(H,24,27)/t15-,18-,19+,20-/m0/s1. The molecule has 7 heteroatoms. The van der Waals surface area contributed by atoms with Crippen LogP contribution in [-0.2, 0) is 19.1 Å². The topological polar surface area (TPSA) is 96.9 Å². The number of hydrogen-bond acceptors (Lipinski definition) is 5. The van der Waals surface area contributed by atoms with E-state index in [1.54, 1.807) is 6.08 Å². The van der Waals surface area contributed by atoms with Gasteiger partial charge in [0.05, 0.1) is 31.2 Å². The smallest absolute Gasteiger partial charge is 0.223 e. The predicted octanol–water partition coefficient (Wildman–Crippen LogP) is 1.48. The van der Waals surface area contributed by atoms with Crippen LogP contribution >= 0.6 is 0 Å². The molecular formula is C22H30N2O5. The van der Waals surface area contributed by atoms with Crippen LogP contribution in [0.25, 0.3) is 0 Å². The highest BCUT2D eigenvalue weighted by Crippen LogP contribution is 2.19. The molecule has 2 heterocycles. The monoisotopic (exact) mass is 402 g/mol. The number of rotatable bonds is 7. The molecule has 3 rings (SSSR count). The van der Waals surface area contributed by atoms with Gasteiger partial charge in [-0.15, -0.1) is 0 Å². The molecule has 0 spiro atoms. The Balaban J connectivity index is 1.51. The highest BCUT2D eigenvalue weighted by Gasteiger charge is 2.31. The van der Waals surface area contributed by atoms with Crippen LogP contribution in [0.15, 0.2) is 42.5 Å². The van der Waals surface area contributed by atoms with E-state index < -0.39 is 18.2 Å². The predicted molar refractivity (Wildman–Crippen MR) is 108 cm³/mol. The van der Waals surface area contributed by atoms with Crippen LogP contribution in [0.2, 0.25) is 0 Å². The van der Waals surface area contributed by atoms with Gasteiger partial charge in [-0.05, 0) is 25.3 Å². The average molecular weight is 402 g/mol. The second-order valence-electron chi connectivity index (χ2n) is 7.61. The first-order valence-electron chi connectivity index (χ1n) is 10.2. The Morgan fingerprint density at radius 3 is 2.59 bits per heavy atom. The lowest BCUT2D eigenvalue weighted by Crippen LogP contribution is -2.51. The molecule has 3 N–H and O–H groups in total. The van der Waals surface area contributed by atoms with E-state index in [1.807, 2.05) is 43.3 Å². The molecule has 0 unspecified atom stereocenters. The summed E-state index contributed by atoms with van der Waals surface area (Å²) in [6.45, 7) is 2.89. The molecule has 1 aromatic rings. The zero-order valence-corrected chi connectivity index (χ0v) is 16.8. The zero-order valence-electron chi connectivity index (χ0n) is 16.8. The van der Waals surface area contributed by atoms with Gasteiger partial charge < -0.3 is 25.2 Å². The highest BCUT2D eigenvalue weighted by molar-refractivity contribution is 5.79. The van der Waals surface area contributed by atoms with Crippen molar-refractivity contribution in [3.63, 3.8) is 0 Å². The largest absolute Gasteiger partial charge is 0.394 e. The van der Waals surface area contributed by atoms with Gasteiger partial charge in [0.2, 0.25) is 11.8 Å². The van der Waals surface area contributed by atoms with Crippen LogP contribution < -0.4 is 10.6 Å². The van der Waals surface area contributed by atoms with Gasteiger partial charge >= 0.3 is 0 Å². The summed E-state index contributed by atoms with van der Waals surface area (Å²) in [5.74, 6) is -0.241. The molecule has 1 aromatic carbocycles. The van der Waals surface area contributed by atoms with Gasteiger partial charge in [-0.3, -0.25) is 9.59 Å². The quantitative estimate of drug-likeness (QED) is 0.601. The van der Waals surface area contributed by atoms with Crippen molar-refractivity contribution in [1.29, 1.82) is 0 Å². The van der Waals surface area contributed by atoms with Crippen molar-refractivity contribution in [3.05, 3.63) is 48.0 Å². The first-order valence-corrected chi connectivity index (χ1v) is 10.2. The molecule has 0 aromatic heterocycles. The van der Waals surface area contributed by atoms with Gasteiger partial charge in [0.15, 0.2) is 0 Å². The van der Waals surface area contributed by atoms with Gasteiger partial charge in [0.1, 0.15) is 6.10 Å². The summed E-state index contributed by atoms with van der Waals surface area (Å²) in [7, 11) is 0. The molecule has 1 saturated heterocycles. The Hall–Kier alpha value is -2.22. The maximum Gasteiger partial charge on any atom is 0.223 e. The Morgan fingerprint density at radius 1 is 1.17 bits per heavy atom. The Bertz CT molecular complexity index is 702. The Morgan fingerprint density at radius 2 is 1.90 bits per heavy atom. The lowest BCUT2D eigenvalue weighted by molar-refractivity contribution is -0.132. The summed E-state index contributed by atoms with van der Waals surface area (Å²) >= 11 is 0. The van der Waals surface area contributed by atoms with Gasteiger partial charge in [0.25, 0.3) is 0 Å². The van der Waals surface area contributed by atoms with Gasteiger partial charge in [-0.1, -0.05) is 42.5 Å². The summed E-state index contributed by atoms with van der Waals surface area (Å²) in [5.41, 5.74) is 1.03. The van der Waals surface area contributed by atoms with E-state index >= 15 is 0 Å². The van der Waals surface area contributed by atoms with Gasteiger partial charge in [-0.2, -0.15) is 0 Å². The van der Waals surface area contributed by atoms with Crippen molar-refractivity contribution in [1.82, 2.24) is 10.6 Å². The summed E-state index contributed by atoms with van der Waals surface area (Å²) in [6.07, 6.45) is 4.16. The van der Waals surface area contributed by atoms with E-state index in [0.717, 1.165) is 5.56 Å². The maximum absolute atomic E-state index is 12.4. The third kappa shape index (κ3) is 6.13. The minimum Gasteiger partial charge on any atom is -0.394 e. The first kappa shape index (κ1) is 21.5. The molecule has 7 nitrogen and oxygen atoms in total. The minimum atomic E-state index is -0.576. The van der Waals surface area contributed by atoms with Crippen molar-refractivity contribution in [2.75, 3.05) is 19.8 Å². The van der Waals surface area contributed by atoms with Crippen molar-refractivity contribution in [2.24, 2.45) is 5.92 Å². The van der Waals surface area contributed by atoms with Crippen molar-refractivity contribution < 1.29 is 24.2 Å². The number of carbonyl (C=O) groups excluding carboxylic acids is 2. The minimum absolute atomic E-state index is 0.0436. The molecule has 2 aliphatic heterocycles. The Kier molecular flexibility index (Phi) is 7.80. The van der Waals surface area contributed by atoms with E-state index in [2.05, 4.69) is 10.6 Å². The molecule has 0 saturated carbocycles. The SMILES string of the molecule is C[C@H](NC(=O)C[C@@H]1C=C[C@@H](NC(=O)C2CCOCC2)[C@H](CO)O1)c1ccccc1. The fourth-order valence-electron chi connectivity index (χ4n) is 3.69. The van der Waals surface area contributed by atoms with Crippen LogP contribution in [0.4, 0.5) is 0 Å². The van der Waals surface area contributed by atoms with Gasteiger partial charge in [-0.25, -0.2) is 0 Å². The average Bonchev–Trinajstić information content (AvgIpc) is 2.75. The van der Waals surface area contributed by atoms with Crippen molar-refractivity contribution >= 4 is 11.8 Å². The fourth-order valence-corrected chi connectivity index (χ4v) is 3.69. The number of hydrogen-bond donors (Lipinski definition) is 3. The third-order valence-electron chi connectivity index (χ3n) is 5.43. The summed E-state index contributed by atoms with van der Waals surface area (Å²) in [6, 6.07) is 9.24. The summed E-state index contributed by atoms with van der Waals surface area (Å²) in [4.78, 5) is 24.8. The zero-order chi connectivity index (χ0) is 20.6. The summed E-state index contributed by atoms with van der Waals surface area (Å²) < 4.78 is 11.1. The first-order chi connectivity index (χ1) is 14.1. The van der Waals surface area contributed by atoms with Crippen LogP contribution in [0.3, 0.4) is 0 Å². The maximum atomic E-state index is 12.4. The van der Waals surface area contributed by atoms with E-state index in [0.29, 0.717) is 26.1 Å². The summed E-state index contributed by atoms with van der Waals surface area (Å²) in [5, 5.41) is 15.6. The molecule has 29 heavy (non-hydrogen) atoms. The molecule has 158 valence electrons. The number of nitrogens with one attached hydrogen (secondary N) is 2. The lowest BCUT2D eigenvalue weighted by atomic mass is 9.97. The van der Waals surface area contributed by atoms with Crippen LogP contribution in [-0.4, -0.2) is 55.0 Å². The molecule has 2 amide bonds. The van der Waals surface area contributed by atoms with Crippen LogP contribution in [0, 0.1) is 5.92 Å². The number of aliphatic hydroxyl groups is 1. The molecular weight excluding hydrogens is 372 g/mol. The second kappa shape index (κ2) is 10.5. The van der Waals surface area contributed by atoms with Crippen LogP contribution in [0.1, 0.15) is 37.8 Å². The Labute approximate surface area is 171 Å². The second-order valence-corrected chi connectivity index (χ2v) is 7.61.